The number of carbonyl (C=O) groups is 2. The number of hydrogen-bond acceptors (Lipinski definition) is 4. The van der Waals surface area contributed by atoms with Gasteiger partial charge in [0.1, 0.15) is 5.75 Å². The summed E-state index contributed by atoms with van der Waals surface area (Å²) in [6, 6.07) is 12.2. The highest BCUT2D eigenvalue weighted by molar-refractivity contribution is 5.96. The number of rotatable bonds is 13. The predicted molar refractivity (Wildman–Crippen MR) is 137 cm³/mol. The van der Waals surface area contributed by atoms with E-state index >= 15 is 0 Å². The number of nitrogens with one attached hydrogen (secondary N) is 1. The molecule has 0 saturated carbocycles. The Morgan fingerprint density at radius 2 is 1.57 bits per heavy atom. The lowest BCUT2D eigenvalue weighted by Gasteiger charge is -2.13. The fourth-order valence-corrected chi connectivity index (χ4v) is 4.46. The first-order chi connectivity index (χ1) is 17.7. The lowest BCUT2D eigenvalue weighted by molar-refractivity contribution is -0.380. The van der Waals surface area contributed by atoms with Gasteiger partial charge in [0.15, 0.2) is 11.5 Å². The van der Waals surface area contributed by atoms with Crippen LogP contribution >= 0.6 is 0 Å². The number of halogens is 3. The lowest BCUT2D eigenvalue weighted by Crippen LogP contribution is -2.79. The first-order valence-electron chi connectivity index (χ1n) is 13.0. The van der Waals surface area contributed by atoms with Gasteiger partial charge < -0.3 is 4.74 Å². The molecule has 1 aliphatic heterocycles. The van der Waals surface area contributed by atoms with E-state index in [9.17, 15) is 22.8 Å². The highest BCUT2D eigenvalue weighted by atomic mass is 19.4. The molecule has 0 unspecified atom stereocenters. The van der Waals surface area contributed by atoms with Gasteiger partial charge in [-0.05, 0) is 87.7 Å². The number of hydrogen-bond donors (Lipinski definition) is 1. The lowest BCUT2D eigenvalue weighted by atomic mass is 10.0. The Kier molecular flexibility index (Phi) is 10.9. The van der Waals surface area contributed by atoms with Gasteiger partial charge in [0.2, 0.25) is 0 Å². The maximum Gasteiger partial charge on any atom is 0.416 e. The molecule has 5 nitrogen and oxygen atoms in total. The maximum atomic E-state index is 12.9. The van der Waals surface area contributed by atoms with Crippen LogP contribution < -0.4 is 9.73 Å². The number of alkyl halides is 3. The third-order valence-corrected chi connectivity index (χ3v) is 6.42. The smallest absolute Gasteiger partial charge is 0.416 e. The molecular formula is C29H36F3N2O3+. The van der Waals surface area contributed by atoms with E-state index < -0.39 is 11.7 Å². The van der Waals surface area contributed by atoms with Crippen molar-refractivity contribution >= 4 is 17.4 Å². The molecule has 0 spiro atoms. The van der Waals surface area contributed by atoms with Gasteiger partial charge in [0.05, 0.1) is 31.6 Å². The van der Waals surface area contributed by atoms with Gasteiger partial charge in [-0.2, -0.15) is 18.2 Å². The molecule has 1 N–H and O–H groups in total. The van der Waals surface area contributed by atoms with Crippen molar-refractivity contribution in [2.75, 3.05) is 26.2 Å². The summed E-state index contributed by atoms with van der Waals surface area (Å²) >= 11 is 0. The Labute approximate surface area is 216 Å². The molecule has 200 valence electrons. The highest BCUT2D eigenvalue weighted by Gasteiger charge is 2.30. The van der Waals surface area contributed by atoms with Crippen LogP contribution in [0.2, 0.25) is 0 Å². The van der Waals surface area contributed by atoms with Crippen LogP contribution in [-0.2, 0) is 17.4 Å². The van der Waals surface area contributed by atoms with Crippen molar-refractivity contribution in [1.82, 2.24) is 4.90 Å². The monoisotopic (exact) mass is 517 g/mol. The Balaban J connectivity index is 1.48. The molecule has 2 aromatic rings. The molecule has 1 amide bonds. The number of Topliss-reactive ketones (excluding diaryl/α,β-unsaturated/α-hetero) is 1. The molecule has 1 aliphatic rings. The second-order valence-corrected chi connectivity index (χ2v) is 9.45. The van der Waals surface area contributed by atoms with Crippen LogP contribution in [0.4, 0.5) is 13.2 Å². The van der Waals surface area contributed by atoms with Crippen molar-refractivity contribution in [3.05, 3.63) is 65.2 Å². The normalized spacial score (nSPS) is 14.6. The summed E-state index contributed by atoms with van der Waals surface area (Å²) in [5.41, 5.74) is 1.51. The Bertz CT molecular complexity index is 1040. The minimum absolute atomic E-state index is 0.0743. The van der Waals surface area contributed by atoms with Crippen LogP contribution in [0, 0.1) is 0 Å². The number of nitrogens with zero attached hydrogens (tertiary/aromatic N) is 1. The summed E-state index contributed by atoms with van der Waals surface area (Å²) < 4.78 is 44.0. The molecule has 0 bridgehead atoms. The van der Waals surface area contributed by atoms with Gasteiger partial charge >= 0.3 is 12.1 Å². The molecule has 3 rings (SSSR count). The fraction of sp³-hybridized carbons (Fsp3) is 0.483. The number of amides is 1. The zero-order valence-corrected chi connectivity index (χ0v) is 21.4. The zero-order chi connectivity index (χ0) is 26.7. The first-order valence-corrected chi connectivity index (χ1v) is 13.0. The van der Waals surface area contributed by atoms with E-state index in [2.05, 4.69) is 9.89 Å². The summed E-state index contributed by atoms with van der Waals surface area (Å²) in [4.78, 5) is 30.3. The van der Waals surface area contributed by atoms with Crippen LogP contribution in [0.1, 0.15) is 73.4 Å². The maximum absolute atomic E-state index is 12.9. The Morgan fingerprint density at radius 1 is 0.919 bits per heavy atom. The van der Waals surface area contributed by atoms with Crippen molar-refractivity contribution < 1.29 is 32.5 Å². The molecule has 1 saturated heterocycles. The van der Waals surface area contributed by atoms with Crippen LogP contribution in [0.15, 0.2) is 48.5 Å². The van der Waals surface area contributed by atoms with Gasteiger partial charge in [-0.15, -0.1) is 0 Å². The molecule has 8 heteroatoms. The summed E-state index contributed by atoms with van der Waals surface area (Å²) in [6.07, 6.45) is 1.15. The summed E-state index contributed by atoms with van der Waals surface area (Å²) in [7, 11) is 0. The third kappa shape index (κ3) is 9.76. The number of carbonyl (C=O) groups excluding carboxylic acids is 2. The molecule has 1 heterocycles. The van der Waals surface area contributed by atoms with E-state index in [4.69, 9.17) is 4.74 Å². The van der Waals surface area contributed by atoms with Gasteiger partial charge in [0.25, 0.3) is 0 Å². The van der Waals surface area contributed by atoms with E-state index in [1.54, 1.807) is 24.3 Å². The highest BCUT2D eigenvalue weighted by Crippen LogP contribution is 2.29. The molecular weight excluding hydrogens is 481 g/mol. The van der Waals surface area contributed by atoms with E-state index in [1.807, 2.05) is 6.92 Å². The van der Waals surface area contributed by atoms with Crippen LogP contribution in [0.25, 0.3) is 0 Å². The van der Waals surface area contributed by atoms with E-state index in [-0.39, 0.29) is 11.7 Å². The minimum Gasteiger partial charge on any atom is -0.494 e. The number of ketones is 1. The van der Waals surface area contributed by atoms with E-state index in [0.29, 0.717) is 50.8 Å². The average molecular weight is 518 g/mol. The third-order valence-electron chi connectivity index (χ3n) is 6.42. The Morgan fingerprint density at radius 3 is 2.19 bits per heavy atom. The molecule has 0 aliphatic carbocycles. The fourth-order valence-electron chi connectivity index (χ4n) is 4.46. The summed E-state index contributed by atoms with van der Waals surface area (Å²) in [5, 5.41) is 0. The van der Waals surface area contributed by atoms with Gasteiger partial charge in [-0.25, -0.2) is 4.79 Å². The van der Waals surface area contributed by atoms with Gasteiger partial charge in [0, 0.05) is 12.0 Å². The van der Waals surface area contributed by atoms with Crippen molar-refractivity contribution in [2.45, 2.75) is 64.5 Å². The molecule has 37 heavy (non-hydrogen) atoms. The summed E-state index contributed by atoms with van der Waals surface area (Å²) in [6.45, 7) is 4.99. The molecule has 2 aromatic carbocycles. The molecule has 0 radical (unpaired) electrons. The van der Waals surface area contributed by atoms with E-state index in [0.717, 1.165) is 61.5 Å². The average Bonchev–Trinajstić information content (AvgIpc) is 3.37. The second-order valence-electron chi connectivity index (χ2n) is 9.45. The van der Waals surface area contributed by atoms with Crippen LogP contribution in [0.3, 0.4) is 0 Å². The predicted octanol–water partition coefficient (Wildman–Crippen LogP) is 4.62. The summed E-state index contributed by atoms with van der Waals surface area (Å²) in [5.74, 6) is 0.716. The van der Waals surface area contributed by atoms with Gasteiger partial charge in [-0.1, -0.05) is 18.6 Å². The minimum atomic E-state index is -4.37. The van der Waals surface area contributed by atoms with Crippen molar-refractivity contribution in [3.63, 3.8) is 0 Å². The number of ether oxygens (including phenoxy) is 1. The largest absolute Gasteiger partial charge is 0.494 e. The number of benzene rings is 2. The molecule has 1 fully saturated rings. The standard InChI is InChI=1S/C29H35F3N2O3/c1-2-37-26-16-12-23(13-17-26)27(35)8-4-3-5-9-28(36)33-25(21-34-18-6-7-19-34)20-22-10-14-24(15-11-22)29(30,31)32/h10-17H,2-9,18-21H2,1H3/p+1. The molecule has 0 atom stereocenters. The van der Waals surface area contributed by atoms with Crippen molar-refractivity contribution in [1.29, 1.82) is 0 Å². The zero-order valence-electron chi connectivity index (χ0n) is 21.4. The number of unbranched alkanes of at least 4 members (excludes halogenated alkanes) is 2. The van der Waals surface area contributed by atoms with Crippen LogP contribution in [0.5, 0.6) is 5.75 Å². The Hall–Kier alpha value is -3.00. The van der Waals surface area contributed by atoms with Crippen molar-refractivity contribution in [3.8, 4) is 5.75 Å². The quantitative estimate of drug-likeness (QED) is 0.239. The second kappa shape index (κ2) is 14.1. The van der Waals surface area contributed by atoms with Crippen molar-refractivity contribution in [2.24, 2.45) is 0 Å². The number of likely N-dealkylation sites (tertiary alicyclic amines) is 1. The van der Waals surface area contributed by atoms with Gasteiger partial charge in [-0.3, -0.25) is 9.69 Å². The SMILES string of the molecule is CCOc1ccc(C(=O)CCCCCC(=O)[NH+]=C(Cc2ccc(C(F)(F)F)cc2)CN2CCCC2)cc1. The van der Waals surface area contributed by atoms with Crippen LogP contribution in [-0.4, -0.2) is 48.5 Å². The topological polar surface area (TPSA) is 60.6 Å². The molecule has 0 aromatic heterocycles. The first kappa shape index (κ1) is 28.6. The van der Waals surface area contributed by atoms with E-state index in [1.165, 1.54) is 12.1 Å².